The van der Waals surface area contributed by atoms with Crippen molar-refractivity contribution in [1.29, 1.82) is 0 Å². The van der Waals surface area contributed by atoms with Crippen LogP contribution in [0.2, 0.25) is 0 Å². The number of benzene rings is 2. The highest BCUT2D eigenvalue weighted by Crippen LogP contribution is 2.27. The van der Waals surface area contributed by atoms with Gasteiger partial charge in [-0.05, 0) is 48.5 Å². The molecular formula is C19H15N5O. The minimum atomic E-state index is -0.261. The Balaban J connectivity index is 1.73. The van der Waals surface area contributed by atoms with Crippen LogP contribution in [0.3, 0.4) is 0 Å². The van der Waals surface area contributed by atoms with E-state index >= 15 is 0 Å². The molecule has 0 saturated heterocycles. The number of rotatable bonds is 4. The third kappa shape index (κ3) is 2.92. The zero-order valence-corrected chi connectivity index (χ0v) is 13.3. The van der Waals surface area contributed by atoms with Crippen LogP contribution in [0, 0.1) is 0 Å². The molecule has 25 heavy (non-hydrogen) atoms. The van der Waals surface area contributed by atoms with Crippen LogP contribution in [0.25, 0.3) is 21.8 Å². The SMILES string of the molecule is C=CC(=O)Nc1ccc2ncnc(Nc3ccc4[nH]ccc4c3)c2c1. The van der Waals surface area contributed by atoms with Crippen LogP contribution in [0.1, 0.15) is 0 Å². The molecule has 0 atom stereocenters. The van der Waals surface area contributed by atoms with Crippen LogP contribution < -0.4 is 10.6 Å². The number of hydrogen-bond acceptors (Lipinski definition) is 4. The van der Waals surface area contributed by atoms with E-state index in [2.05, 4.69) is 32.2 Å². The molecule has 4 rings (SSSR count). The predicted molar refractivity (Wildman–Crippen MR) is 99.9 cm³/mol. The Morgan fingerprint density at radius 2 is 1.96 bits per heavy atom. The standard InChI is InChI=1S/C19H15N5O/c1-2-18(25)23-14-4-6-17-15(10-14)19(22-11-21-17)24-13-3-5-16-12(9-13)7-8-20-16/h2-11,20H,1H2,(H,23,25)(H,21,22,24). The van der Waals surface area contributed by atoms with Gasteiger partial charge in [0.05, 0.1) is 5.52 Å². The highest BCUT2D eigenvalue weighted by atomic mass is 16.1. The van der Waals surface area contributed by atoms with Gasteiger partial charge in [-0.3, -0.25) is 4.79 Å². The summed E-state index contributed by atoms with van der Waals surface area (Å²) in [5.41, 5.74) is 3.45. The van der Waals surface area contributed by atoms with Gasteiger partial charge in [-0.2, -0.15) is 0 Å². The molecule has 0 bridgehead atoms. The van der Waals surface area contributed by atoms with E-state index in [1.165, 1.54) is 12.4 Å². The monoisotopic (exact) mass is 329 g/mol. The van der Waals surface area contributed by atoms with Crippen LogP contribution in [-0.2, 0) is 4.79 Å². The molecule has 0 spiro atoms. The zero-order valence-electron chi connectivity index (χ0n) is 13.3. The van der Waals surface area contributed by atoms with E-state index in [-0.39, 0.29) is 5.91 Å². The average Bonchev–Trinajstić information content (AvgIpc) is 3.10. The first-order valence-corrected chi connectivity index (χ1v) is 7.75. The van der Waals surface area contributed by atoms with Crippen molar-refractivity contribution >= 4 is 44.9 Å². The largest absolute Gasteiger partial charge is 0.361 e. The van der Waals surface area contributed by atoms with Gasteiger partial charge in [-0.15, -0.1) is 0 Å². The molecule has 0 aliphatic heterocycles. The lowest BCUT2D eigenvalue weighted by Crippen LogP contribution is -2.07. The Morgan fingerprint density at radius 3 is 2.84 bits per heavy atom. The molecule has 4 aromatic rings. The predicted octanol–water partition coefficient (Wildman–Crippen LogP) is 3.98. The van der Waals surface area contributed by atoms with Gasteiger partial charge in [0.25, 0.3) is 0 Å². The summed E-state index contributed by atoms with van der Waals surface area (Å²) < 4.78 is 0. The van der Waals surface area contributed by atoms with Gasteiger partial charge in [-0.25, -0.2) is 9.97 Å². The topological polar surface area (TPSA) is 82.7 Å². The van der Waals surface area contributed by atoms with Crippen LogP contribution in [-0.4, -0.2) is 20.9 Å². The Morgan fingerprint density at radius 1 is 1.08 bits per heavy atom. The number of carbonyl (C=O) groups is 1. The number of hydrogen-bond donors (Lipinski definition) is 3. The molecule has 3 N–H and O–H groups in total. The smallest absolute Gasteiger partial charge is 0.247 e. The summed E-state index contributed by atoms with van der Waals surface area (Å²) in [7, 11) is 0. The number of fused-ring (bicyclic) bond motifs is 2. The molecule has 2 aromatic carbocycles. The van der Waals surface area contributed by atoms with Gasteiger partial charge < -0.3 is 15.6 Å². The van der Waals surface area contributed by atoms with Crippen LogP contribution in [0.5, 0.6) is 0 Å². The van der Waals surface area contributed by atoms with Crippen molar-refractivity contribution in [3.05, 3.63) is 67.6 Å². The highest BCUT2D eigenvalue weighted by molar-refractivity contribution is 6.01. The summed E-state index contributed by atoms with van der Waals surface area (Å²) in [6.07, 6.45) is 4.65. The molecule has 0 unspecified atom stereocenters. The lowest BCUT2D eigenvalue weighted by atomic mass is 10.2. The molecular weight excluding hydrogens is 314 g/mol. The van der Waals surface area contributed by atoms with Crippen molar-refractivity contribution in [2.45, 2.75) is 0 Å². The fourth-order valence-electron chi connectivity index (χ4n) is 2.70. The molecule has 2 aromatic heterocycles. The molecule has 2 heterocycles. The maximum Gasteiger partial charge on any atom is 0.247 e. The summed E-state index contributed by atoms with van der Waals surface area (Å²) in [6.45, 7) is 3.46. The number of aromatic nitrogens is 3. The maximum absolute atomic E-state index is 11.5. The summed E-state index contributed by atoms with van der Waals surface area (Å²) in [6, 6.07) is 13.5. The lowest BCUT2D eigenvalue weighted by Gasteiger charge is -2.10. The molecule has 0 aliphatic carbocycles. The van der Waals surface area contributed by atoms with E-state index < -0.39 is 0 Å². The summed E-state index contributed by atoms with van der Waals surface area (Å²) >= 11 is 0. The molecule has 122 valence electrons. The average molecular weight is 329 g/mol. The second-order valence-electron chi connectivity index (χ2n) is 5.55. The van der Waals surface area contributed by atoms with Gasteiger partial charge in [-0.1, -0.05) is 6.58 Å². The number of aromatic amines is 1. The van der Waals surface area contributed by atoms with E-state index in [9.17, 15) is 4.79 Å². The molecule has 0 aliphatic rings. The summed E-state index contributed by atoms with van der Waals surface area (Å²) in [4.78, 5) is 23.3. The molecule has 6 nitrogen and oxygen atoms in total. The maximum atomic E-state index is 11.5. The van der Waals surface area contributed by atoms with Crippen LogP contribution in [0.15, 0.2) is 67.6 Å². The van der Waals surface area contributed by atoms with Gasteiger partial charge in [0, 0.05) is 33.9 Å². The van der Waals surface area contributed by atoms with Crippen LogP contribution >= 0.6 is 0 Å². The van der Waals surface area contributed by atoms with Crippen molar-refractivity contribution < 1.29 is 4.79 Å². The number of anilines is 3. The van der Waals surface area contributed by atoms with Crippen molar-refractivity contribution in [1.82, 2.24) is 15.0 Å². The number of nitrogens with zero attached hydrogens (tertiary/aromatic N) is 2. The summed E-state index contributed by atoms with van der Waals surface area (Å²) in [5.74, 6) is 0.415. The lowest BCUT2D eigenvalue weighted by molar-refractivity contribution is -0.111. The highest BCUT2D eigenvalue weighted by Gasteiger charge is 2.07. The quantitative estimate of drug-likeness (QED) is 0.495. The first kappa shape index (κ1) is 14.9. The van der Waals surface area contributed by atoms with Gasteiger partial charge >= 0.3 is 0 Å². The first-order valence-electron chi connectivity index (χ1n) is 7.75. The molecule has 0 fully saturated rings. The Bertz CT molecular complexity index is 1100. The Hall–Kier alpha value is -3.67. The minimum Gasteiger partial charge on any atom is -0.361 e. The minimum absolute atomic E-state index is 0.261. The van der Waals surface area contributed by atoms with Crippen molar-refractivity contribution in [3.8, 4) is 0 Å². The second kappa shape index (κ2) is 6.09. The van der Waals surface area contributed by atoms with E-state index in [1.54, 1.807) is 6.07 Å². The Kier molecular flexibility index (Phi) is 3.63. The fraction of sp³-hybridized carbons (Fsp3) is 0. The number of amides is 1. The van der Waals surface area contributed by atoms with Crippen molar-refractivity contribution in [3.63, 3.8) is 0 Å². The van der Waals surface area contributed by atoms with E-state index in [1.807, 2.05) is 42.6 Å². The fourth-order valence-corrected chi connectivity index (χ4v) is 2.70. The normalized spacial score (nSPS) is 10.7. The van der Waals surface area contributed by atoms with Gasteiger partial charge in [0.2, 0.25) is 5.91 Å². The summed E-state index contributed by atoms with van der Waals surface area (Å²) in [5, 5.41) is 8.01. The number of H-pyrrole nitrogens is 1. The van der Waals surface area contributed by atoms with Gasteiger partial charge in [0.1, 0.15) is 12.1 Å². The number of carbonyl (C=O) groups excluding carboxylic acids is 1. The van der Waals surface area contributed by atoms with Crippen LogP contribution in [0.4, 0.5) is 17.2 Å². The molecule has 6 heteroatoms. The van der Waals surface area contributed by atoms with Gasteiger partial charge in [0.15, 0.2) is 0 Å². The first-order chi connectivity index (χ1) is 12.2. The van der Waals surface area contributed by atoms with Crippen molar-refractivity contribution in [2.75, 3.05) is 10.6 Å². The van der Waals surface area contributed by atoms with Crippen molar-refractivity contribution in [2.24, 2.45) is 0 Å². The second-order valence-corrected chi connectivity index (χ2v) is 5.55. The van der Waals surface area contributed by atoms with E-state index in [0.29, 0.717) is 11.5 Å². The molecule has 0 saturated carbocycles. The third-order valence-electron chi connectivity index (χ3n) is 3.90. The van der Waals surface area contributed by atoms with E-state index in [4.69, 9.17) is 0 Å². The number of nitrogens with one attached hydrogen (secondary N) is 3. The zero-order chi connectivity index (χ0) is 17.2. The Labute approximate surface area is 143 Å². The molecule has 0 radical (unpaired) electrons. The third-order valence-corrected chi connectivity index (χ3v) is 3.90. The van der Waals surface area contributed by atoms with E-state index in [0.717, 1.165) is 27.5 Å². The molecule has 1 amide bonds.